The van der Waals surface area contributed by atoms with E-state index in [0.717, 1.165) is 0 Å². The lowest BCUT2D eigenvalue weighted by Gasteiger charge is -1.73. The van der Waals surface area contributed by atoms with Gasteiger partial charge in [-0.15, -0.1) is 0 Å². The maximum atomic E-state index is 11.1. The Labute approximate surface area is 37.7 Å². The molecule has 0 fully saturated rings. The first kappa shape index (κ1) is 5.67. The van der Waals surface area contributed by atoms with Crippen molar-refractivity contribution in [3.63, 3.8) is 0 Å². The highest BCUT2D eigenvalue weighted by Crippen LogP contribution is 1.80. The molecule has 0 atom stereocenters. The van der Waals surface area contributed by atoms with Gasteiger partial charge in [-0.1, -0.05) is 12.2 Å². The molecule has 0 amide bonds. The molecule has 1 heteroatoms. The SMILES string of the molecule is CC=CCCF. The highest BCUT2D eigenvalue weighted by molar-refractivity contribution is 4.75. The van der Waals surface area contributed by atoms with Crippen molar-refractivity contribution in [2.24, 2.45) is 0 Å². The zero-order chi connectivity index (χ0) is 4.83. The fourth-order valence-corrected chi connectivity index (χ4v) is 0.230. The van der Waals surface area contributed by atoms with Crippen molar-refractivity contribution in [1.82, 2.24) is 0 Å². The zero-order valence-electron chi connectivity index (χ0n) is 3.95. The van der Waals surface area contributed by atoms with Gasteiger partial charge in [0.15, 0.2) is 0 Å². The van der Waals surface area contributed by atoms with Gasteiger partial charge in [0, 0.05) is 0 Å². The number of halogens is 1. The molecule has 0 spiro atoms. The summed E-state index contributed by atoms with van der Waals surface area (Å²) in [6, 6.07) is 0. The van der Waals surface area contributed by atoms with Crippen molar-refractivity contribution in [3.05, 3.63) is 12.2 Å². The second kappa shape index (κ2) is 4.67. The first-order chi connectivity index (χ1) is 2.91. The molecular formula is C5H9F. The second-order valence-electron chi connectivity index (χ2n) is 1.05. The minimum atomic E-state index is -0.232. The first-order valence-electron chi connectivity index (χ1n) is 2.09. The number of allylic oxidation sites excluding steroid dienone is 2. The molecule has 0 bridgehead atoms. The number of hydrogen-bond acceptors (Lipinski definition) is 0. The van der Waals surface area contributed by atoms with Crippen LogP contribution in [0.15, 0.2) is 12.2 Å². The molecule has 0 aromatic rings. The smallest absolute Gasteiger partial charge is 0.0928 e. The lowest BCUT2D eigenvalue weighted by atomic mass is 10.4. The van der Waals surface area contributed by atoms with Gasteiger partial charge in [0.25, 0.3) is 0 Å². The summed E-state index contributed by atoms with van der Waals surface area (Å²) in [4.78, 5) is 0. The van der Waals surface area contributed by atoms with E-state index in [1.54, 1.807) is 6.08 Å². The topological polar surface area (TPSA) is 0 Å². The molecule has 0 saturated carbocycles. The van der Waals surface area contributed by atoms with E-state index in [-0.39, 0.29) is 6.67 Å². The van der Waals surface area contributed by atoms with E-state index in [2.05, 4.69) is 0 Å². The lowest BCUT2D eigenvalue weighted by molar-refractivity contribution is 0.501. The van der Waals surface area contributed by atoms with E-state index >= 15 is 0 Å². The van der Waals surface area contributed by atoms with Crippen LogP contribution in [0.2, 0.25) is 0 Å². The maximum absolute atomic E-state index is 11.1. The van der Waals surface area contributed by atoms with Crippen molar-refractivity contribution in [3.8, 4) is 0 Å². The molecule has 0 rings (SSSR count). The number of alkyl halides is 1. The molecule has 0 aromatic carbocycles. The first-order valence-corrected chi connectivity index (χ1v) is 2.09. The van der Waals surface area contributed by atoms with Crippen LogP contribution in [0, 0.1) is 0 Å². The van der Waals surface area contributed by atoms with E-state index < -0.39 is 0 Å². The highest BCUT2D eigenvalue weighted by Gasteiger charge is 1.68. The summed E-state index contributed by atoms with van der Waals surface area (Å²) in [5, 5.41) is 0. The van der Waals surface area contributed by atoms with Crippen LogP contribution in [-0.2, 0) is 0 Å². The zero-order valence-corrected chi connectivity index (χ0v) is 3.95. The van der Waals surface area contributed by atoms with Crippen LogP contribution in [0.4, 0.5) is 4.39 Å². The standard InChI is InChI=1S/C5H9F/c1-2-3-4-5-6/h2-3H,4-5H2,1H3. The highest BCUT2D eigenvalue weighted by atomic mass is 19.1. The largest absolute Gasteiger partial charge is 0.251 e. The second-order valence-corrected chi connectivity index (χ2v) is 1.05. The predicted octanol–water partition coefficient (Wildman–Crippen LogP) is 1.92. The summed E-state index contributed by atoms with van der Waals surface area (Å²) in [6.45, 7) is 1.65. The Morgan fingerprint density at radius 2 is 2.33 bits per heavy atom. The van der Waals surface area contributed by atoms with E-state index in [0.29, 0.717) is 6.42 Å². The minimum absolute atomic E-state index is 0.232. The molecule has 0 nitrogen and oxygen atoms in total. The Hall–Kier alpha value is -0.330. The summed E-state index contributed by atoms with van der Waals surface area (Å²) in [6.07, 6.45) is 4.22. The van der Waals surface area contributed by atoms with Crippen molar-refractivity contribution in [2.45, 2.75) is 13.3 Å². The van der Waals surface area contributed by atoms with Crippen LogP contribution < -0.4 is 0 Å². The summed E-state index contributed by atoms with van der Waals surface area (Å²) in [5.41, 5.74) is 0. The molecule has 6 heavy (non-hydrogen) atoms. The summed E-state index contributed by atoms with van der Waals surface area (Å²) >= 11 is 0. The van der Waals surface area contributed by atoms with Crippen molar-refractivity contribution in [1.29, 1.82) is 0 Å². The van der Waals surface area contributed by atoms with Gasteiger partial charge in [0.1, 0.15) is 0 Å². The summed E-state index contributed by atoms with van der Waals surface area (Å²) < 4.78 is 11.1. The fraction of sp³-hybridized carbons (Fsp3) is 0.600. The van der Waals surface area contributed by atoms with Gasteiger partial charge in [-0.25, -0.2) is 0 Å². The van der Waals surface area contributed by atoms with Crippen LogP contribution in [0.5, 0.6) is 0 Å². The molecule has 0 saturated heterocycles. The number of rotatable bonds is 2. The van der Waals surface area contributed by atoms with Gasteiger partial charge in [0.2, 0.25) is 0 Å². The van der Waals surface area contributed by atoms with Gasteiger partial charge < -0.3 is 0 Å². The predicted molar refractivity (Wildman–Crippen MR) is 25.4 cm³/mol. The molecule has 0 heterocycles. The fourth-order valence-electron chi connectivity index (χ4n) is 0.230. The average molecular weight is 88.1 g/mol. The van der Waals surface area contributed by atoms with Crippen molar-refractivity contribution < 1.29 is 4.39 Å². The van der Waals surface area contributed by atoms with Crippen LogP contribution in [0.1, 0.15) is 13.3 Å². The molecule has 0 aliphatic heterocycles. The van der Waals surface area contributed by atoms with E-state index in [9.17, 15) is 4.39 Å². The van der Waals surface area contributed by atoms with Crippen molar-refractivity contribution in [2.75, 3.05) is 6.67 Å². The molecule has 0 N–H and O–H groups in total. The van der Waals surface area contributed by atoms with Crippen LogP contribution >= 0.6 is 0 Å². The lowest BCUT2D eigenvalue weighted by Crippen LogP contribution is -1.63. The Balaban J connectivity index is 2.66. The molecule has 36 valence electrons. The molecule has 0 aliphatic carbocycles. The van der Waals surface area contributed by atoms with Gasteiger partial charge in [-0.05, 0) is 13.3 Å². The summed E-state index contributed by atoms with van der Waals surface area (Å²) in [7, 11) is 0. The number of hydrogen-bond donors (Lipinski definition) is 0. The van der Waals surface area contributed by atoms with E-state index in [4.69, 9.17) is 0 Å². The average Bonchev–Trinajstić information content (AvgIpc) is 1.61. The van der Waals surface area contributed by atoms with E-state index in [1.807, 2.05) is 13.0 Å². The van der Waals surface area contributed by atoms with Gasteiger partial charge in [-0.2, -0.15) is 0 Å². The van der Waals surface area contributed by atoms with Crippen LogP contribution in [-0.4, -0.2) is 6.67 Å². The van der Waals surface area contributed by atoms with Gasteiger partial charge >= 0.3 is 0 Å². The molecule has 0 aliphatic rings. The minimum Gasteiger partial charge on any atom is -0.251 e. The Bertz CT molecular complexity index is 39.2. The van der Waals surface area contributed by atoms with Crippen LogP contribution in [0.3, 0.4) is 0 Å². The Morgan fingerprint density at radius 1 is 1.67 bits per heavy atom. The quantitative estimate of drug-likeness (QED) is 0.452. The van der Waals surface area contributed by atoms with Gasteiger partial charge in [0.05, 0.1) is 6.67 Å². The molecular weight excluding hydrogens is 79.1 g/mol. The summed E-state index contributed by atoms with van der Waals surface area (Å²) in [5.74, 6) is 0. The third-order valence-corrected chi connectivity index (χ3v) is 0.511. The third kappa shape index (κ3) is 3.67. The molecule has 0 aromatic heterocycles. The Morgan fingerprint density at radius 3 is 2.50 bits per heavy atom. The third-order valence-electron chi connectivity index (χ3n) is 0.511. The van der Waals surface area contributed by atoms with Gasteiger partial charge in [-0.3, -0.25) is 4.39 Å². The van der Waals surface area contributed by atoms with Crippen molar-refractivity contribution >= 4 is 0 Å². The molecule has 0 unspecified atom stereocenters. The van der Waals surface area contributed by atoms with E-state index in [1.165, 1.54) is 0 Å². The maximum Gasteiger partial charge on any atom is 0.0928 e. The monoisotopic (exact) mass is 88.1 g/mol. The van der Waals surface area contributed by atoms with Crippen LogP contribution in [0.25, 0.3) is 0 Å². The molecule has 0 radical (unpaired) electrons. The Kier molecular flexibility index (Phi) is 4.41. The normalized spacial score (nSPS) is 10.3.